The fourth-order valence-electron chi connectivity index (χ4n) is 3.43. The van der Waals surface area contributed by atoms with Crippen LogP contribution in [-0.4, -0.2) is 39.2 Å². The minimum atomic E-state index is -1.21. The molecule has 0 saturated heterocycles. The Balaban J connectivity index is 1.77. The van der Waals surface area contributed by atoms with Crippen molar-refractivity contribution in [1.82, 2.24) is 24.5 Å². The Morgan fingerprint density at radius 2 is 1.81 bits per heavy atom. The molecule has 7 nitrogen and oxygen atoms in total. The summed E-state index contributed by atoms with van der Waals surface area (Å²) in [6.07, 6.45) is 5.10. The van der Waals surface area contributed by atoms with Crippen molar-refractivity contribution in [3.05, 3.63) is 48.4 Å². The number of aromatic nitrogens is 5. The lowest BCUT2D eigenvalue weighted by atomic mass is 10.1. The lowest BCUT2D eigenvalue weighted by Crippen LogP contribution is -2.22. The number of fused-ring (bicyclic) bond motifs is 1. The molecule has 4 rings (SSSR count). The maximum Gasteiger partial charge on any atom is 0.140 e. The third-order valence-electron chi connectivity index (χ3n) is 5.15. The van der Waals surface area contributed by atoms with Crippen LogP contribution in [0, 0.1) is 11.6 Å². The van der Waals surface area contributed by atoms with Gasteiger partial charge in [0.25, 0.3) is 0 Å². The van der Waals surface area contributed by atoms with Gasteiger partial charge in [-0.05, 0) is 24.2 Å². The number of hydrogen-bond donors (Lipinski definition) is 1. The molecule has 32 heavy (non-hydrogen) atoms. The Kier molecular flexibility index (Phi) is 5.82. The van der Waals surface area contributed by atoms with Crippen molar-refractivity contribution in [3.63, 3.8) is 0 Å². The first kappa shape index (κ1) is 22.1. The number of halogens is 2. The molecule has 0 spiro atoms. The van der Waals surface area contributed by atoms with Crippen LogP contribution in [0.2, 0.25) is 25.7 Å². The minimum Gasteiger partial charge on any atom is -0.399 e. The second-order valence-corrected chi connectivity index (χ2v) is 14.7. The van der Waals surface area contributed by atoms with Gasteiger partial charge in [-0.2, -0.15) is 10.2 Å². The zero-order valence-electron chi connectivity index (χ0n) is 18.6. The molecule has 0 radical (unpaired) electrons. The van der Waals surface area contributed by atoms with Gasteiger partial charge in [0.2, 0.25) is 0 Å². The predicted molar refractivity (Wildman–Crippen MR) is 124 cm³/mol. The van der Waals surface area contributed by atoms with E-state index in [0.717, 1.165) is 23.7 Å². The Hall–Kier alpha value is -3.11. The standard InChI is InChI=1S/C22H26F2N6OSi/c1-29-12-14(10-27-29)22-16-9-19(21-17(23)7-15(25)8-18(21)24)26-11-20(16)30(28-22)13-31-5-6-32(2,3)4/h7-12H,5-6,13,25H2,1-4H3. The van der Waals surface area contributed by atoms with Crippen LogP contribution in [0.4, 0.5) is 14.5 Å². The fraction of sp³-hybridized carbons (Fsp3) is 0.318. The van der Waals surface area contributed by atoms with Gasteiger partial charge in [-0.3, -0.25) is 9.67 Å². The van der Waals surface area contributed by atoms with Crippen molar-refractivity contribution in [2.24, 2.45) is 7.05 Å². The van der Waals surface area contributed by atoms with Gasteiger partial charge < -0.3 is 10.5 Å². The Labute approximate surface area is 185 Å². The molecule has 0 saturated carbocycles. The second kappa shape index (κ2) is 8.44. The van der Waals surface area contributed by atoms with Gasteiger partial charge in [0.15, 0.2) is 0 Å². The first-order valence-electron chi connectivity index (χ1n) is 10.3. The summed E-state index contributed by atoms with van der Waals surface area (Å²) in [6.45, 7) is 7.78. The number of aryl methyl sites for hydroxylation is 1. The van der Waals surface area contributed by atoms with E-state index in [9.17, 15) is 8.78 Å². The molecule has 0 aliphatic heterocycles. The molecule has 3 heterocycles. The fourth-order valence-corrected chi connectivity index (χ4v) is 4.19. The summed E-state index contributed by atoms with van der Waals surface area (Å²) in [6, 6.07) is 4.85. The topological polar surface area (TPSA) is 83.8 Å². The zero-order chi connectivity index (χ0) is 23.0. The molecule has 0 aliphatic carbocycles. The van der Waals surface area contributed by atoms with Gasteiger partial charge in [-0.1, -0.05) is 19.6 Å². The summed E-state index contributed by atoms with van der Waals surface area (Å²) in [7, 11) is 0.602. The van der Waals surface area contributed by atoms with Crippen molar-refractivity contribution >= 4 is 24.7 Å². The van der Waals surface area contributed by atoms with E-state index in [1.807, 2.05) is 13.2 Å². The van der Waals surface area contributed by atoms with Crippen molar-refractivity contribution in [1.29, 1.82) is 0 Å². The molecule has 0 bridgehead atoms. The molecular formula is C22H26F2N6OSi. The van der Waals surface area contributed by atoms with Crippen LogP contribution in [-0.2, 0) is 18.5 Å². The van der Waals surface area contributed by atoms with Crippen LogP contribution in [0.25, 0.3) is 33.4 Å². The van der Waals surface area contributed by atoms with E-state index in [0.29, 0.717) is 23.2 Å². The number of nitrogens with zero attached hydrogens (tertiary/aromatic N) is 5. The van der Waals surface area contributed by atoms with E-state index >= 15 is 0 Å². The molecule has 1 aromatic carbocycles. The van der Waals surface area contributed by atoms with Gasteiger partial charge in [-0.25, -0.2) is 13.5 Å². The highest BCUT2D eigenvalue weighted by Crippen LogP contribution is 2.33. The summed E-state index contributed by atoms with van der Waals surface area (Å²) in [4.78, 5) is 4.32. The van der Waals surface area contributed by atoms with E-state index in [-0.39, 0.29) is 23.7 Å². The van der Waals surface area contributed by atoms with Crippen LogP contribution in [0.3, 0.4) is 0 Å². The monoisotopic (exact) mass is 456 g/mol. The Morgan fingerprint density at radius 3 is 2.44 bits per heavy atom. The summed E-state index contributed by atoms with van der Waals surface area (Å²) in [5.41, 5.74) is 7.64. The van der Waals surface area contributed by atoms with Crippen molar-refractivity contribution in [3.8, 4) is 22.5 Å². The number of benzene rings is 1. The molecule has 0 unspecified atom stereocenters. The number of pyridine rings is 1. The van der Waals surface area contributed by atoms with Gasteiger partial charge in [0.1, 0.15) is 24.1 Å². The lowest BCUT2D eigenvalue weighted by Gasteiger charge is -2.15. The van der Waals surface area contributed by atoms with E-state index in [4.69, 9.17) is 15.6 Å². The Bertz CT molecular complexity index is 1250. The molecule has 2 N–H and O–H groups in total. The van der Waals surface area contributed by atoms with Gasteiger partial charge in [0, 0.05) is 44.6 Å². The summed E-state index contributed by atoms with van der Waals surface area (Å²) < 4.78 is 38.3. The highest BCUT2D eigenvalue weighted by atomic mass is 28.3. The molecule has 0 atom stereocenters. The highest BCUT2D eigenvalue weighted by Gasteiger charge is 2.19. The average Bonchev–Trinajstić information content (AvgIpc) is 3.27. The number of anilines is 1. The van der Waals surface area contributed by atoms with E-state index in [1.165, 1.54) is 0 Å². The quantitative estimate of drug-likeness (QED) is 0.248. The van der Waals surface area contributed by atoms with E-state index < -0.39 is 19.7 Å². The van der Waals surface area contributed by atoms with Crippen molar-refractivity contribution in [2.75, 3.05) is 12.3 Å². The molecule has 168 valence electrons. The number of hydrogen-bond acceptors (Lipinski definition) is 5. The number of nitrogen functional groups attached to an aromatic ring is 1. The first-order chi connectivity index (χ1) is 15.1. The molecule has 0 fully saturated rings. The normalized spacial score (nSPS) is 12.1. The van der Waals surface area contributed by atoms with E-state index in [1.54, 1.807) is 27.8 Å². The van der Waals surface area contributed by atoms with Gasteiger partial charge in [-0.15, -0.1) is 0 Å². The molecule has 3 aromatic heterocycles. The van der Waals surface area contributed by atoms with Crippen LogP contribution >= 0.6 is 0 Å². The minimum absolute atomic E-state index is 0.0177. The summed E-state index contributed by atoms with van der Waals surface area (Å²) in [5.74, 6) is -1.53. The van der Waals surface area contributed by atoms with Crippen LogP contribution in [0.15, 0.2) is 36.8 Å². The second-order valence-electron chi connectivity index (χ2n) is 9.05. The number of rotatable bonds is 7. The smallest absolute Gasteiger partial charge is 0.140 e. The first-order valence-corrected chi connectivity index (χ1v) is 14.0. The van der Waals surface area contributed by atoms with Crippen molar-refractivity contribution < 1.29 is 13.5 Å². The molecular weight excluding hydrogens is 430 g/mol. The molecule has 0 amide bonds. The maximum absolute atomic E-state index is 14.5. The zero-order valence-corrected chi connectivity index (χ0v) is 19.6. The number of ether oxygens (including phenoxy) is 1. The van der Waals surface area contributed by atoms with E-state index in [2.05, 4.69) is 29.7 Å². The molecule has 4 aromatic rings. The SMILES string of the molecule is Cn1cc(-c2nn(COCC[Si](C)(C)C)c3cnc(-c4c(F)cc(N)cc4F)cc23)cn1. The average molecular weight is 457 g/mol. The lowest BCUT2D eigenvalue weighted by molar-refractivity contribution is 0.0818. The highest BCUT2D eigenvalue weighted by molar-refractivity contribution is 6.76. The van der Waals surface area contributed by atoms with Crippen LogP contribution in [0.1, 0.15) is 0 Å². The van der Waals surface area contributed by atoms with Crippen molar-refractivity contribution in [2.45, 2.75) is 32.4 Å². The largest absolute Gasteiger partial charge is 0.399 e. The van der Waals surface area contributed by atoms with Gasteiger partial charge >= 0.3 is 0 Å². The third-order valence-corrected chi connectivity index (χ3v) is 6.85. The van der Waals surface area contributed by atoms with Crippen LogP contribution < -0.4 is 5.73 Å². The maximum atomic E-state index is 14.5. The molecule has 10 heteroatoms. The van der Waals surface area contributed by atoms with Gasteiger partial charge in [0.05, 0.1) is 29.2 Å². The number of nitrogens with two attached hydrogens (primary N) is 1. The summed E-state index contributed by atoms with van der Waals surface area (Å²) >= 11 is 0. The molecule has 0 aliphatic rings. The summed E-state index contributed by atoms with van der Waals surface area (Å²) in [5, 5.41) is 9.63. The van der Waals surface area contributed by atoms with Crippen LogP contribution in [0.5, 0.6) is 0 Å². The Morgan fingerprint density at radius 1 is 1.09 bits per heavy atom. The predicted octanol–water partition coefficient (Wildman–Crippen LogP) is 4.67. The third kappa shape index (κ3) is 4.56.